The Balaban J connectivity index is 1.46. The number of piperidine rings is 1. The lowest BCUT2D eigenvalue weighted by atomic mass is 9.94. The second kappa shape index (κ2) is 7.03. The van der Waals surface area contributed by atoms with Gasteiger partial charge in [-0.25, -0.2) is 4.98 Å². The van der Waals surface area contributed by atoms with Gasteiger partial charge in [0.25, 0.3) is 0 Å². The van der Waals surface area contributed by atoms with Gasteiger partial charge in [0.2, 0.25) is 0 Å². The van der Waals surface area contributed by atoms with Gasteiger partial charge >= 0.3 is 0 Å². The highest BCUT2D eigenvalue weighted by Crippen LogP contribution is 2.29. The summed E-state index contributed by atoms with van der Waals surface area (Å²) in [4.78, 5) is 6.75. The highest BCUT2D eigenvalue weighted by molar-refractivity contribution is 5.05. The third kappa shape index (κ3) is 3.23. The maximum atomic E-state index is 5.51. The van der Waals surface area contributed by atoms with Crippen LogP contribution in [0, 0.1) is 0 Å². The van der Waals surface area contributed by atoms with Crippen LogP contribution in [0.2, 0.25) is 0 Å². The fourth-order valence-corrected chi connectivity index (χ4v) is 4.01. The van der Waals surface area contributed by atoms with Crippen LogP contribution in [0.5, 0.6) is 0 Å². The van der Waals surface area contributed by atoms with E-state index in [0.29, 0.717) is 12.0 Å². The van der Waals surface area contributed by atoms with Crippen molar-refractivity contribution in [2.45, 2.75) is 44.2 Å². The average Bonchev–Trinajstić information content (AvgIpc) is 3.27. The molecule has 0 bridgehead atoms. The van der Waals surface area contributed by atoms with E-state index in [1.54, 1.807) is 6.20 Å². The van der Waals surface area contributed by atoms with Crippen LogP contribution in [0.25, 0.3) is 0 Å². The van der Waals surface area contributed by atoms with E-state index in [0.717, 1.165) is 50.8 Å². The predicted molar refractivity (Wildman–Crippen MR) is 89.7 cm³/mol. The summed E-state index contributed by atoms with van der Waals surface area (Å²) in [6.07, 6.45) is 10.4. The summed E-state index contributed by atoms with van der Waals surface area (Å²) in [7, 11) is 2.09. The SMILES string of the molecule is Cn1c(Cn2ccnc2)nnc1[C@@H]1CCCN(C2CCOCC2)C1. The van der Waals surface area contributed by atoms with Gasteiger partial charge in [-0.2, -0.15) is 0 Å². The van der Waals surface area contributed by atoms with E-state index in [2.05, 4.69) is 31.7 Å². The normalized spacial score (nSPS) is 23.6. The molecular formula is C17H26N6O. The molecule has 2 aliphatic rings. The zero-order valence-corrected chi connectivity index (χ0v) is 14.3. The Kier molecular flexibility index (Phi) is 4.62. The summed E-state index contributed by atoms with van der Waals surface area (Å²) in [5, 5.41) is 8.96. The van der Waals surface area contributed by atoms with Crippen molar-refractivity contribution in [3.8, 4) is 0 Å². The third-order valence-electron chi connectivity index (χ3n) is 5.41. The van der Waals surface area contributed by atoms with Gasteiger partial charge in [-0.1, -0.05) is 0 Å². The minimum Gasteiger partial charge on any atom is -0.381 e. The maximum absolute atomic E-state index is 5.51. The van der Waals surface area contributed by atoms with E-state index >= 15 is 0 Å². The van der Waals surface area contributed by atoms with Crippen LogP contribution < -0.4 is 0 Å². The molecule has 0 saturated carbocycles. The second-order valence-electron chi connectivity index (χ2n) is 6.95. The molecule has 2 saturated heterocycles. The first-order chi connectivity index (χ1) is 11.8. The molecule has 0 aliphatic carbocycles. The summed E-state index contributed by atoms with van der Waals surface area (Å²) in [6, 6.07) is 0.681. The lowest BCUT2D eigenvalue weighted by Gasteiger charge is -2.39. The van der Waals surface area contributed by atoms with Gasteiger partial charge in [0.1, 0.15) is 5.82 Å². The number of hydrogen-bond donors (Lipinski definition) is 0. The van der Waals surface area contributed by atoms with E-state index in [-0.39, 0.29) is 0 Å². The maximum Gasteiger partial charge on any atom is 0.152 e. The van der Waals surface area contributed by atoms with E-state index in [1.807, 2.05) is 17.1 Å². The predicted octanol–water partition coefficient (Wildman–Crippen LogP) is 1.42. The van der Waals surface area contributed by atoms with Crippen molar-refractivity contribution >= 4 is 0 Å². The quantitative estimate of drug-likeness (QED) is 0.848. The molecule has 4 rings (SSSR count). The van der Waals surface area contributed by atoms with Crippen LogP contribution in [-0.4, -0.2) is 61.6 Å². The van der Waals surface area contributed by atoms with E-state index in [1.165, 1.54) is 19.4 Å². The van der Waals surface area contributed by atoms with Crippen molar-refractivity contribution in [3.05, 3.63) is 30.4 Å². The molecule has 2 aromatic heterocycles. The lowest BCUT2D eigenvalue weighted by Crippen LogP contribution is -2.45. The molecule has 0 radical (unpaired) electrons. The molecule has 0 aromatic carbocycles. The molecule has 0 unspecified atom stereocenters. The molecule has 130 valence electrons. The minimum absolute atomic E-state index is 0.482. The van der Waals surface area contributed by atoms with Crippen LogP contribution in [0.15, 0.2) is 18.7 Å². The van der Waals surface area contributed by atoms with Crippen LogP contribution in [0.1, 0.15) is 43.3 Å². The Morgan fingerprint density at radius 2 is 2.08 bits per heavy atom. The van der Waals surface area contributed by atoms with Gasteiger partial charge in [-0.3, -0.25) is 4.90 Å². The Bertz CT molecular complexity index is 646. The molecular weight excluding hydrogens is 304 g/mol. The molecule has 0 N–H and O–H groups in total. The topological polar surface area (TPSA) is 61.0 Å². The zero-order chi connectivity index (χ0) is 16.4. The molecule has 2 aromatic rings. The molecule has 24 heavy (non-hydrogen) atoms. The van der Waals surface area contributed by atoms with E-state index < -0.39 is 0 Å². The molecule has 7 heteroatoms. The Labute approximate surface area is 142 Å². The molecule has 0 spiro atoms. The fraction of sp³-hybridized carbons (Fsp3) is 0.706. The number of imidazole rings is 1. The second-order valence-corrected chi connectivity index (χ2v) is 6.95. The first kappa shape index (κ1) is 15.8. The van der Waals surface area contributed by atoms with Crippen LogP contribution in [0.3, 0.4) is 0 Å². The zero-order valence-electron chi connectivity index (χ0n) is 14.3. The molecule has 2 aliphatic heterocycles. The van der Waals surface area contributed by atoms with Gasteiger partial charge in [0.15, 0.2) is 5.82 Å². The number of aromatic nitrogens is 5. The van der Waals surface area contributed by atoms with Crippen molar-refractivity contribution in [2.24, 2.45) is 7.05 Å². The van der Waals surface area contributed by atoms with Crippen molar-refractivity contribution in [3.63, 3.8) is 0 Å². The standard InChI is InChI=1S/C17H26N6O/c1-21-16(12-22-8-6-18-13-22)19-20-17(21)14-3-2-7-23(11-14)15-4-9-24-10-5-15/h6,8,13-15H,2-5,7,9-12H2,1H3/t14-/m1/s1. The Morgan fingerprint density at radius 1 is 1.21 bits per heavy atom. The number of ether oxygens (including phenoxy) is 1. The smallest absolute Gasteiger partial charge is 0.152 e. The van der Waals surface area contributed by atoms with Gasteiger partial charge in [0, 0.05) is 51.2 Å². The first-order valence-corrected chi connectivity index (χ1v) is 8.97. The monoisotopic (exact) mass is 330 g/mol. The summed E-state index contributed by atoms with van der Waals surface area (Å²) >= 11 is 0. The van der Waals surface area contributed by atoms with Crippen LogP contribution in [0.4, 0.5) is 0 Å². The highest BCUT2D eigenvalue weighted by atomic mass is 16.5. The highest BCUT2D eigenvalue weighted by Gasteiger charge is 2.30. The lowest BCUT2D eigenvalue weighted by molar-refractivity contribution is 0.0233. The van der Waals surface area contributed by atoms with Crippen molar-refractivity contribution in [1.82, 2.24) is 29.2 Å². The number of nitrogens with zero attached hydrogens (tertiary/aromatic N) is 6. The first-order valence-electron chi connectivity index (χ1n) is 8.97. The summed E-state index contributed by atoms with van der Waals surface area (Å²) in [5.74, 6) is 2.60. The van der Waals surface area contributed by atoms with Crippen LogP contribution >= 0.6 is 0 Å². The fourth-order valence-electron chi connectivity index (χ4n) is 4.01. The molecule has 1 atom stereocenters. The van der Waals surface area contributed by atoms with Crippen molar-refractivity contribution in [1.29, 1.82) is 0 Å². The average molecular weight is 330 g/mol. The summed E-state index contributed by atoms with van der Waals surface area (Å²) in [5.41, 5.74) is 0. The Hall–Kier alpha value is -1.73. The number of likely N-dealkylation sites (tertiary alicyclic amines) is 1. The van der Waals surface area contributed by atoms with Gasteiger partial charge in [0.05, 0.1) is 12.9 Å². The van der Waals surface area contributed by atoms with Gasteiger partial charge in [-0.05, 0) is 32.2 Å². The number of hydrogen-bond acceptors (Lipinski definition) is 5. The largest absolute Gasteiger partial charge is 0.381 e. The van der Waals surface area contributed by atoms with Crippen molar-refractivity contribution < 1.29 is 4.74 Å². The summed E-state index contributed by atoms with van der Waals surface area (Å²) in [6.45, 7) is 4.85. The molecule has 0 amide bonds. The van der Waals surface area contributed by atoms with E-state index in [4.69, 9.17) is 4.74 Å². The molecule has 2 fully saturated rings. The number of rotatable bonds is 4. The van der Waals surface area contributed by atoms with E-state index in [9.17, 15) is 0 Å². The molecule has 4 heterocycles. The van der Waals surface area contributed by atoms with Crippen LogP contribution in [-0.2, 0) is 18.3 Å². The third-order valence-corrected chi connectivity index (χ3v) is 5.41. The molecule has 7 nitrogen and oxygen atoms in total. The minimum atomic E-state index is 0.482. The van der Waals surface area contributed by atoms with Gasteiger partial charge in [-0.15, -0.1) is 10.2 Å². The Morgan fingerprint density at radius 3 is 2.88 bits per heavy atom. The van der Waals surface area contributed by atoms with Crippen molar-refractivity contribution in [2.75, 3.05) is 26.3 Å². The van der Waals surface area contributed by atoms with Gasteiger partial charge < -0.3 is 13.9 Å². The summed E-state index contributed by atoms with van der Waals surface area (Å²) < 4.78 is 9.72.